The summed E-state index contributed by atoms with van der Waals surface area (Å²) in [4.78, 5) is 7.58. The highest BCUT2D eigenvalue weighted by Gasteiger charge is 2.47. The number of hydrogen-bond acceptors (Lipinski definition) is 3. The van der Waals surface area contributed by atoms with Crippen molar-refractivity contribution in [2.75, 3.05) is 14.7 Å². The quantitative estimate of drug-likeness (QED) is 0.166. The molecule has 0 bridgehead atoms. The smallest absolute Gasteiger partial charge is 0.252 e. The number of rotatable bonds is 5. The summed E-state index contributed by atoms with van der Waals surface area (Å²) < 4.78 is 0. The lowest BCUT2D eigenvalue weighted by atomic mass is 9.33. The summed E-state index contributed by atoms with van der Waals surface area (Å²) >= 11 is 0. The van der Waals surface area contributed by atoms with E-state index >= 15 is 0 Å². The fourth-order valence-corrected chi connectivity index (χ4v) is 8.74. The summed E-state index contributed by atoms with van der Waals surface area (Å²) in [6.07, 6.45) is 0. The molecule has 0 N–H and O–H groups in total. The highest BCUT2D eigenvalue weighted by Crippen LogP contribution is 2.53. The molecule has 7 aromatic carbocycles. The van der Waals surface area contributed by atoms with Crippen LogP contribution in [0.2, 0.25) is 0 Å². The van der Waals surface area contributed by atoms with Crippen LogP contribution >= 0.6 is 0 Å². The topological polar surface area (TPSA) is 9.72 Å². The van der Waals surface area contributed by atoms with Gasteiger partial charge in [-0.2, -0.15) is 0 Å². The van der Waals surface area contributed by atoms with Gasteiger partial charge in [0, 0.05) is 51.1 Å². The Morgan fingerprint density at radius 1 is 0.463 bits per heavy atom. The van der Waals surface area contributed by atoms with Gasteiger partial charge < -0.3 is 14.7 Å². The molecule has 0 radical (unpaired) electrons. The van der Waals surface area contributed by atoms with Crippen LogP contribution in [-0.2, 0) is 5.41 Å². The highest BCUT2D eigenvalue weighted by molar-refractivity contribution is 7.00. The minimum Gasteiger partial charge on any atom is -0.311 e. The SMILES string of the molecule is Cc1ccc(N2c3ccc(C)cc3B3c4cc(C)ccc4N(c4ccc(C)cc4)c4c3c2cc(N(c2ccccc2)c2ccccc2)c4C(C)(C)C)cc1. The first-order valence-corrected chi connectivity index (χ1v) is 19.1. The van der Waals surface area contributed by atoms with Gasteiger partial charge in [0.15, 0.2) is 0 Å². The zero-order valence-corrected chi connectivity index (χ0v) is 32.4. The molecule has 2 aliphatic rings. The van der Waals surface area contributed by atoms with Crippen molar-refractivity contribution in [2.45, 2.75) is 53.9 Å². The van der Waals surface area contributed by atoms with Crippen molar-refractivity contribution >= 4 is 74.3 Å². The van der Waals surface area contributed by atoms with Crippen molar-refractivity contribution < 1.29 is 0 Å². The van der Waals surface area contributed by atoms with Gasteiger partial charge in [0.2, 0.25) is 0 Å². The van der Waals surface area contributed by atoms with E-state index in [2.05, 4.69) is 215 Å². The van der Waals surface area contributed by atoms with Crippen molar-refractivity contribution in [3.63, 3.8) is 0 Å². The number of nitrogens with zero attached hydrogens (tertiary/aromatic N) is 3. The van der Waals surface area contributed by atoms with Gasteiger partial charge >= 0.3 is 0 Å². The molecule has 7 aromatic rings. The van der Waals surface area contributed by atoms with Crippen molar-refractivity contribution in [3.05, 3.63) is 179 Å². The molecule has 0 spiro atoms. The summed E-state index contributed by atoms with van der Waals surface area (Å²) in [5, 5.41) is 0. The largest absolute Gasteiger partial charge is 0.311 e. The Balaban J connectivity index is 1.50. The summed E-state index contributed by atoms with van der Waals surface area (Å²) in [6, 6.07) is 56.5. The van der Waals surface area contributed by atoms with E-state index in [1.807, 2.05) is 0 Å². The van der Waals surface area contributed by atoms with Crippen LogP contribution in [0.15, 0.2) is 152 Å². The van der Waals surface area contributed by atoms with Crippen LogP contribution in [0.3, 0.4) is 0 Å². The molecule has 4 heteroatoms. The fraction of sp³-hybridized carbons (Fsp3) is 0.160. The van der Waals surface area contributed by atoms with Gasteiger partial charge in [-0.3, -0.25) is 0 Å². The third-order valence-electron chi connectivity index (χ3n) is 11.1. The maximum atomic E-state index is 2.58. The maximum Gasteiger partial charge on any atom is 0.252 e. The average molecular weight is 700 g/mol. The van der Waals surface area contributed by atoms with Crippen LogP contribution < -0.4 is 31.1 Å². The molecule has 0 saturated carbocycles. The Hall–Kier alpha value is -6.00. The van der Waals surface area contributed by atoms with Gasteiger partial charge in [0.25, 0.3) is 6.71 Å². The van der Waals surface area contributed by atoms with Crippen molar-refractivity contribution in [1.82, 2.24) is 0 Å². The number of hydrogen-bond donors (Lipinski definition) is 0. The molecular formula is C50H46BN3. The molecule has 0 fully saturated rings. The molecule has 0 aliphatic carbocycles. The van der Waals surface area contributed by atoms with Gasteiger partial charge in [-0.15, -0.1) is 0 Å². The zero-order chi connectivity index (χ0) is 37.3. The minimum absolute atomic E-state index is 0.0419. The molecule has 2 heterocycles. The molecule has 264 valence electrons. The standard InChI is InChI=1S/C50H46BN3/c1-33-18-24-39(25-19-33)53-43-28-22-35(3)30-41(43)51-42-31-36(4)23-29-44(42)54(40-26-20-34(2)21-27-40)49-47(50(5,6)7)45(32-46(53)48(49)51)52(37-14-10-8-11-15-37)38-16-12-9-13-17-38/h8-32H,1-7H3. The highest BCUT2D eigenvalue weighted by atomic mass is 15.2. The Labute approximate surface area is 321 Å². The van der Waals surface area contributed by atoms with Crippen LogP contribution in [0.5, 0.6) is 0 Å². The van der Waals surface area contributed by atoms with Crippen molar-refractivity contribution in [1.29, 1.82) is 0 Å². The monoisotopic (exact) mass is 699 g/mol. The molecule has 2 aliphatic heterocycles. The summed E-state index contributed by atoms with van der Waals surface area (Å²) in [6.45, 7) is 16.0. The van der Waals surface area contributed by atoms with E-state index < -0.39 is 0 Å². The van der Waals surface area contributed by atoms with Crippen LogP contribution in [0.4, 0.5) is 51.2 Å². The molecule has 9 rings (SSSR count). The Bertz CT molecular complexity index is 2460. The number of benzene rings is 7. The second kappa shape index (κ2) is 12.8. The minimum atomic E-state index is -0.251. The second-order valence-corrected chi connectivity index (χ2v) is 16.2. The average Bonchev–Trinajstić information content (AvgIpc) is 3.16. The first kappa shape index (κ1) is 33.8. The molecule has 54 heavy (non-hydrogen) atoms. The third-order valence-corrected chi connectivity index (χ3v) is 11.1. The fourth-order valence-electron chi connectivity index (χ4n) is 8.74. The maximum absolute atomic E-state index is 2.58. The number of aryl methyl sites for hydroxylation is 4. The van der Waals surface area contributed by atoms with Gasteiger partial charge in [0.1, 0.15) is 0 Å². The molecule has 0 aromatic heterocycles. The second-order valence-electron chi connectivity index (χ2n) is 16.2. The van der Waals surface area contributed by atoms with Crippen molar-refractivity contribution in [3.8, 4) is 0 Å². The lowest BCUT2D eigenvalue weighted by Gasteiger charge is -2.48. The van der Waals surface area contributed by atoms with E-state index in [1.54, 1.807) is 0 Å². The first-order chi connectivity index (χ1) is 26.1. The molecule has 0 saturated heterocycles. The summed E-state index contributed by atoms with van der Waals surface area (Å²) in [5.74, 6) is 0. The summed E-state index contributed by atoms with van der Waals surface area (Å²) in [5.41, 5.74) is 20.8. The number of anilines is 9. The molecule has 0 amide bonds. The van der Waals surface area contributed by atoms with E-state index in [0.29, 0.717) is 0 Å². The zero-order valence-electron chi connectivity index (χ0n) is 32.4. The van der Waals surface area contributed by atoms with Gasteiger partial charge in [-0.25, -0.2) is 0 Å². The van der Waals surface area contributed by atoms with Crippen LogP contribution in [0, 0.1) is 27.7 Å². The Kier molecular flexibility index (Phi) is 8.04. The lowest BCUT2D eigenvalue weighted by molar-refractivity contribution is 0.592. The van der Waals surface area contributed by atoms with Gasteiger partial charge in [-0.05, 0) is 116 Å². The Morgan fingerprint density at radius 2 is 0.907 bits per heavy atom. The Morgan fingerprint density at radius 3 is 1.39 bits per heavy atom. The van der Waals surface area contributed by atoms with Gasteiger partial charge in [0.05, 0.1) is 5.69 Å². The van der Waals surface area contributed by atoms with Crippen LogP contribution in [0.25, 0.3) is 0 Å². The first-order valence-electron chi connectivity index (χ1n) is 19.1. The van der Waals surface area contributed by atoms with E-state index in [0.717, 1.165) is 22.7 Å². The normalized spacial score (nSPS) is 13.0. The van der Waals surface area contributed by atoms with E-state index in [1.165, 1.54) is 72.6 Å². The van der Waals surface area contributed by atoms with Gasteiger partial charge in [-0.1, -0.05) is 128 Å². The van der Waals surface area contributed by atoms with E-state index in [9.17, 15) is 0 Å². The molecular weight excluding hydrogens is 653 g/mol. The van der Waals surface area contributed by atoms with E-state index in [4.69, 9.17) is 0 Å². The van der Waals surface area contributed by atoms with E-state index in [-0.39, 0.29) is 12.1 Å². The molecule has 0 unspecified atom stereocenters. The third kappa shape index (κ3) is 5.51. The van der Waals surface area contributed by atoms with Crippen molar-refractivity contribution in [2.24, 2.45) is 0 Å². The van der Waals surface area contributed by atoms with Crippen LogP contribution in [-0.4, -0.2) is 6.71 Å². The van der Waals surface area contributed by atoms with Crippen LogP contribution in [0.1, 0.15) is 48.6 Å². The molecule has 0 atom stereocenters. The lowest BCUT2D eigenvalue weighted by Crippen LogP contribution is -2.62. The number of para-hydroxylation sites is 2. The predicted octanol–water partition coefficient (Wildman–Crippen LogP) is 11.8. The number of fused-ring (bicyclic) bond motifs is 4. The molecule has 3 nitrogen and oxygen atoms in total. The summed E-state index contributed by atoms with van der Waals surface area (Å²) in [7, 11) is 0. The predicted molar refractivity (Wildman–Crippen MR) is 233 cm³/mol.